The van der Waals surface area contributed by atoms with Gasteiger partial charge in [-0.15, -0.1) is 0 Å². The summed E-state index contributed by atoms with van der Waals surface area (Å²) in [5, 5.41) is 1.10. The topological polar surface area (TPSA) is 31.2 Å². The van der Waals surface area contributed by atoms with Crippen LogP contribution in [0.2, 0.25) is 0 Å². The Bertz CT molecular complexity index is 868. The van der Waals surface area contributed by atoms with Crippen molar-refractivity contribution >= 4 is 32.8 Å². The van der Waals surface area contributed by atoms with Gasteiger partial charge in [-0.3, -0.25) is 4.79 Å². The Balaban J connectivity index is 2.11. The van der Waals surface area contributed by atoms with Crippen LogP contribution in [0.1, 0.15) is 23.7 Å². The van der Waals surface area contributed by atoms with Gasteiger partial charge < -0.3 is 9.30 Å². The number of rotatable bonds is 5. The highest BCUT2D eigenvalue weighted by molar-refractivity contribution is 9.10. The molecule has 0 aliphatic rings. The third-order valence-corrected chi connectivity index (χ3v) is 4.90. The van der Waals surface area contributed by atoms with Crippen LogP contribution in [0.3, 0.4) is 0 Å². The van der Waals surface area contributed by atoms with Gasteiger partial charge in [0.25, 0.3) is 0 Å². The van der Waals surface area contributed by atoms with Crippen LogP contribution in [-0.2, 0) is 22.5 Å². The first-order chi connectivity index (χ1) is 11.6. The second-order valence-electron chi connectivity index (χ2n) is 5.75. The van der Waals surface area contributed by atoms with E-state index in [9.17, 15) is 4.79 Å². The maximum Gasteiger partial charge on any atom is 0.310 e. The Hall–Kier alpha value is -2.07. The van der Waals surface area contributed by atoms with Gasteiger partial charge >= 0.3 is 5.97 Å². The summed E-state index contributed by atoms with van der Waals surface area (Å²) in [6, 6.07) is 16.5. The molecule has 3 nitrogen and oxygen atoms in total. The van der Waals surface area contributed by atoms with Crippen molar-refractivity contribution in [2.75, 3.05) is 6.61 Å². The van der Waals surface area contributed by atoms with E-state index in [0.717, 1.165) is 33.2 Å². The molecule has 0 amide bonds. The van der Waals surface area contributed by atoms with Gasteiger partial charge in [0, 0.05) is 27.6 Å². The van der Waals surface area contributed by atoms with Crippen molar-refractivity contribution in [3.63, 3.8) is 0 Å². The third kappa shape index (κ3) is 3.24. The summed E-state index contributed by atoms with van der Waals surface area (Å²) < 4.78 is 8.43. The van der Waals surface area contributed by atoms with Gasteiger partial charge in [-0.2, -0.15) is 0 Å². The molecule has 0 N–H and O–H groups in total. The number of aromatic nitrogens is 1. The number of ether oxygens (including phenoxy) is 1. The SMILES string of the molecule is CCOC(=O)Cc1c(C)n(Cc2ccccc2)c2cccc(Br)c12. The molecule has 0 bridgehead atoms. The van der Waals surface area contributed by atoms with Gasteiger partial charge in [-0.25, -0.2) is 0 Å². The third-order valence-electron chi connectivity index (χ3n) is 4.24. The zero-order valence-corrected chi connectivity index (χ0v) is 15.5. The predicted molar refractivity (Wildman–Crippen MR) is 100 cm³/mol. The van der Waals surface area contributed by atoms with E-state index in [-0.39, 0.29) is 5.97 Å². The number of nitrogens with zero attached hydrogens (tertiary/aromatic N) is 1. The molecule has 0 spiro atoms. The van der Waals surface area contributed by atoms with E-state index in [1.54, 1.807) is 0 Å². The molecule has 0 fully saturated rings. The summed E-state index contributed by atoms with van der Waals surface area (Å²) in [6.07, 6.45) is 0.292. The summed E-state index contributed by atoms with van der Waals surface area (Å²) in [5.74, 6) is -0.185. The molecule has 1 heterocycles. The van der Waals surface area contributed by atoms with E-state index in [1.165, 1.54) is 5.56 Å². The fraction of sp³-hybridized carbons (Fsp3) is 0.250. The van der Waals surface area contributed by atoms with E-state index >= 15 is 0 Å². The highest BCUT2D eigenvalue weighted by Crippen LogP contribution is 2.33. The lowest BCUT2D eigenvalue weighted by Gasteiger charge is -2.09. The lowest BCUT2D eigenvalue weighted by atomic mass is 10.1. The van der Waals surface area contributed by atoms with Crippen LogP contribution in [0.15, 0.2) is 53.0 Å². The molecule has 0 saturated carbocycles. The maximum absolute atomic E-state index is 12.0. The molecule has 0 aliphatic carbocycles. The van der Waals surface area contributed by atoms with Crippen LogP contribution in [0.4, 0.5) is 0 Å². The second kappa shape index (κ2) is 7.22. The van der Waals surface area contributed by atoms with Crippen molar-refractivity contribution in [2.24, 2.45) is 0 Å². The molecule has 4 heteroatoms. The van der Waals surface area contributed by atoms with Crippen LogP contribution in [-0.4, -0.2) is 17.1 Å². The molecule has 3 rings (SSSR count). The molecule has 2 aromatic carbocycles. The standard InChI is InChI=1S/C20H20BrNO2/c1-3-24-19(23)12-16-14(2)22(13-15-8-5-4-6-9-15)18-11-7-10-17(21)20(16)18/h4-11H,3,12-13H2,1-2H3. The number of benzene rings is 2. The quantitative estimate of drug-likeness (QED) is 0.586. The normalized spacial score (nSPS) is 11.0. The lowest BCUT2D eigenvalue weighted by Crippen LogP contribution is -2.09. The van der Waals surface area contributed by atoms with Crippen molar-refractivity contribution in [3.8, 4) is 0 Å². The number of halogens is 1. The van der Waals surface area contributed by atoms with Gasteiger partial charge in [0.15, 0.2) is 0 Å². The number of carbonyl (C=O) groups excluding carboxylic acids is 1. The summed E-state index contributed by atoms with van der Waals surface area (Å²) in [7, 11) is 0. The number of carbonyl (C=O) groups is 1. The second-order valence-corrected chi connectivity index (χ2v) is 6.61. The minimum atomic E-state index is -0.185. The molecule has 0 radical (unpaired) electrons. The molecule has 0 atom stereocenters. The first-order valence-corrected chi connectivity index (χ1v) is 8.86. The number of esters is 1. The van der Waals surface area contributed by atoms with E-state index in [0.29, 0.717) is 13.0 Å². The molecule has 3 aromatic rings. The van der Waals surface area contributed by atoms with Crippen molar-refractivity contribution in [1.29, 1.82) is 0 Å². The average molecular weight is 386 g/mol. The fourth-order valence-corrected chi connectivity index (χ4v) is 3.70. The van der Waals surface area contributed by atoms with Crippen LogP contribution in [0, 0.1) is 6.92 Å². The number of fused-ring (bicyclic) bond motifs is 1. The lowest BCUT2D eigenvalue weighted by molar-refractivity contribution is -0.142. The number of hydrogen-bond acceptors (Lipinski definition) is 2. The highest BCUT2D eigenvalue weighted by Gasteiger charge is 2.19. The Morgan fingerprint density at radius 1 is 1.12 bits per heavy atom. The molecule has 124 valence electrons. The molecule has 0 saturated heterocycles. The van der Waals surface area contributed by atoms with Gasteiger partial charge in [0.2, 0.25) is 0 Å². The molecule has 0 aliphatic heterocycles. The Kier molecular flexibility index (Phi) is 5.05. The predicted octanol–water partition coefficient (Wildman–Crippen LogP) is 4.87. The molecule has 1 aromatic heterocycles. The summed E-state index contributed by atoms with van der Waals surface area (Å²) in [5.41, 5.74) is 4.51. The van der Waals surface area contributed by atoms with E-state index < -0.39 is 0 Å². The summed E-state index contributed by atoms with van der Waals surface area (Å²) in [6.45, 7) is 5.09. The van der Waals surface area contributed by atoms with E-state index in [4.69, 9.17) is 4.74 Å². The smallest absolute Gasteiger partial charge is 0.310 e. The monoisotopic (exact) mass is 385 g/mol. The van der Waals surface area contributed by atoms with E-state index in [2.05, 4.69) is 45.6 Å². The Labute approximate surface area is 150 Å². The molecule has 0 unspecified atom stereocenters. The van der Waals surface area contributed by atoms with Gasteiger partial charge in [0.05, 0.1) is 13.0 Å². The first-order valence-electron chi connectivity index (χ1n) is 8.07. The van der Waals surface area contributed by atoms with Crippen LogP contribution < -0.4 is 0 Å². The van der Waals surface area contributed by atoms with Gasteiger partial charge in [-0.05, 0) is 37.1 Å². The van der Waals surface area contributed by atoms with Crippen LogP contribution >= 0.6 is 15.9 Å². The van der Waals surface area contributed by atoms with Crippen molar-refractivity contribution in [2.45, 2.75) is 26.8 Å². The first kappa shape index (κ1) is 16.8. The average Bonchev–Trinajstić information content (AvgIpc) is 2.83. The zero-order valence-electron chi connectivity index (χ0n) is 13.9. The van der Waals surface area contributed by atoms with Gasteiger partial charge in [-0.1, -0.05) is 52.3 Å². The molecule has 24 heavy (non-hydrogen) atoms. The van der Waals surface area contributed by atoms with Crippen LogP contribution in [0.25, 0.3) is 10.9 Å². The summed E-state index contributed by atoms with van der Waals surface area (Å²) >= 11 is 3.64. The van der Waals surface area contributed by atoms with Crippen molar-refractivity contribution < 1.29 is 9.53 Å². The highest BCUT2D eigenvalue weighted by atomic mass is 79.9. The zero-order chi connectivity index (χ0) is 17.1. The Morgan fingerprint density at radius 2 is 1.88 bits per heavy atom. The van der Waals surface area contributed by atoms with Gasteiger partial charge in [0.1, 0.15) is 0 Å². The van der Waals surface area contributed by atoms with Crippen molar-refractivity contribution in [1.82, 2.24) is 4.57 Å². The fourth-order valence-electron chi connectivity index (χ4n) is 3.10. The van der Waals surface area contributed by atoms with Crippen molar-refractivity contribution in [3.05, 3.63) is 69.8 Å². The van der Waals surface area contributed by atoms with Crippen LogP contribution in [0.5, 0.6) is 0 Å². The Morgan fingerprint density at radius 3 is 2.58 bits per heavy atom. The largest absolute Gasteiger partial charge is 0.466 e. The summed E-state index contributed by atoms with van der Waals surface area (Å²) in [4.78, 5) is 12.0. The number of hydrogen-bond donors (Lipinski definition) is 0. The maximum atomic E-state index is 12.0. The molecular formula is C20H20BrNO2. The minimum absolute atomic E-state index is 0.185. The van der Waals surface area contributed by atoms with E-state index in [1.807, 2.05) is 37.3 Å². The minimum Gasteiger partial charge on any atom is -0.466 e. The molecular weight excluding hydrogens is 366 g/mol.